The molecule has 0 bridgehead atoms. The van der Waals surface area contributed by atoms with Crippen LogP contribution in [0.3, 0.4) is 0 Å². The molecule has 2 amide bonds. The summed E-state index contributed by atoms with van der Waals surface area (Å²) in [5.41, 5.74) is 1.64. The summed E-state index contributed by atoms with van der Waals surface area (Å²) >= 11 is 0. The van der Waals surface area contributed by atoms with Gasteiger partial charge in [-0.1, -0.05) is 6.07 Å². The van der Waals surface area contributed by atoms with E-state index < -0.39 is 23.6 Å². The fourth-order valence-electron chi connectivity index (χ4n) is 1.57. The number of nitrogens with zero attached hydrogens (tertiary/aromatic N) is 1. The van der Waals surface area contributed by atoms with Crippen molar-refractivity contribution in [2.45, 2.75) is 19.5 Å². The first-order chi connectivity index (χ1) is 10.7. The number of methoxy groups -OCH3 is 1. The minimum atomic E-state index is -4.48. The topological polar surface area (TPSA) is 79.8 Å². The fraction of sp³-hybridized carbons (Fsp3) is 0.357. The molecule has 0 aliphatic carbocycles. The second-order valence-electron chi connectivity index (χ2n) is 4.62. The molecule has 0 aliphatic heterocycles. The zero-order valence-corrected chi connectivity index (χ0v) is 12.5. The summed E-state index contributed by atoms with van der Waals surface area (Å²) < 4.78 is 42.3. The average molecular weight is 331 g/mol. The van der Waals surface area contributed by atoms with E-state index in [4.69, 9.17) is 0 Å². The maximum atomic E-state index is 12.6. The molecule has 1 rings (SSSR count). The number of anilines is 1. The molecule has 0 heterocycles. The number of hydrazone groups is 1. The molecule has 1 aromatic carbocycles. The first-order valence-corrected chi connectivity index (χ1v) is 6.50. The molecule has 23 heavy (non-hydrogen) atoms. The van der Waals surface area contributed by atoms with Crippen LogP contribution < -0.4 is 10.7 Å². The normalized spacial score (nSPS) is 12.0. The van der Waals surface area contributed by atoms with Gasteiger partial charge in [0.05, 0.1) is 12.0 Å². The highest BCUT2D eigenvalue weighted by Crippen LogP contribution is 2.30. The van der Waals surface area contributed by atoms with Gasteiger partial charge < -0.3 is 10.1 Å². The SMILES string of the molecule is COCC(=O)N/N=C(\C)CC(=O)Nc1cccc(C(F)(F)F)c1. The number of carbonyl (C=O) groups excluding carboxylic acids is 2. The van der Waals surface area contributed by atoms with Crippen LogP contribution in [0.15, 0.2) is 29.4 Å². The number of amides is 2. The van der Waals surface area contributed by atoms with Gasteiger partial charge in [-0.3, -0.25) is 9.59 Å². The molecule has 9 heteroatoms. The minimum Gasteiger partial charge on any atom is -0.375 e. The standard InChI is InChI=1S/C14H16F3N3O3/c1-9(19-20-13(22)8-23-2)6-12(21)18-11-5-3-4-10(7-11)14(15,16)17/h3-5,7H,6,8H2,1-2H3,(H,18,21)(H,20,22)/b19-9+. The highest BCUT2D eigenvalue weighted by atomic mass is 19.4. The van der Waals surface area contributed by atoms with Crippen LogP contribution >= 0.6 is 0 Å². The smallest absolute Gasteiger partial charge is 0.375 e. The minimum absolute atomic E-state index is 0.0287. The van der Waals surface area contributed by atoms with Crippen LogP contribution in [-0.2, 0) is 20.5 Å². The molecule has 0 saturated carbocycles. The van der Waals surface area contributed by atoms with Crippen LogP contribution in [0.25, 0.3) is 0 Å². The number of nitrogens with one attached hydrogen (secondary N) is 2. The molecule has 0 radical (unpaired) electrons. The third kappa shape index (κ3) is 6.92. The largest absolute Gasteiger partial charge is 0.416 e. The predicted octanol–water partition coefficient (Wildman–Crippen LogP) is 2.17. The van der Waals surface area contributed by atoms with Crippen LogP contribution in [0.1, 0.15) is 18.9 Å². The van der Waals surface area contributed by atoms with Crippen molar-refractivity contribution in [3.05, 3.63) is 29.8 Å². The molecule has 0 fully saturated rings. The molecule has 0 saturated heterocycles. The highest BCUT2D eigenvalue weighted by molar-refractivity contribution is 6.05. The van der Waals surface area contributed by atoms with E-state index in [1.807, 2.05) is 0 Å². The van der Waals surface area contributed by atoms with Gasteiger partial charge in [0.25, 0.3) is 5.91 Å². The second-order valence-corrected chi connectivity index (χ2v) is 4.62. The van der Waals surface area contributed by atoms with Gasteiger partial charge in [0.2, 0.25) is 5.91 Å². The number of ether oxygens (including phenoxy) is 1. The summed E-state index contributed by atoms with van der Waals surface area (Å²) in [5.74, 6) is -1.03. The highest BCUT2D eigenvalue weighted by Gasteiger charge is 2.30. The number of alkyl halides is 3. The van der Waals surface area contributed by atoms with Gasteiger partial charge in [0, 0.05) is 18.5 Å². The molecule has 6 nitrogen and oxygen atoms in total. The van der Waals surface area contributed by atoms with Crippen LogP contribution in [0.2, 0.25) is 0 Å². The van der Waals surface area contributed by atoms with E-state index in [1.165, 1.54) is 26.2 Å². The number of hydrogen-bond donors (Lipinski definition) is 2. The summed E-state index contributed by atoms with van der Waals surface area (Å²) in [7, 11) is 1.35. The van der Waals surface area contributed by atoms with Crippen LogP contribution in [-0.4, -0.2) is 31.2 Å². The Bertz CT molecular complexity index is 600. The third-order valence-corrected chi connectivity index (χ3v) is 2.54. The third-order valence-electron chi connectivity index (χ3n) is 2.54. The summed E-state index contributed by atoms with van der Waals surface area (Å²) in [6, 6.07) is 4.29. The van der Waals surface area contributed by atoms with Gasteiger partial charge in [0.1, 0.15) is 6.61 Å². The van der Waals surface area contributed by atoms with Crippen molar-refractivity contribution < 1.29 is 27.5 Å². The molecular formula is C14H16F3N3O3. The van der Waals surface area contributed by atoms with E-state index in [9.17, 15) is 22.8 Å². The van der Waals surface area contributed by atoms with Crippen molar-refractivity contribution in [1.29, 1.82) is 0 Å². The van der Waals surface area contributed by atoms with Gasteiger partial charge in [-0.2, -0.15) is 18.3 Å². The van der Waals surface area contributed by atoms with E-state index in [-0.39, 0.29) is 18.7 Å². The van der Waals surface area contributed by atoms with E-state index in [1.54, 1.807) is 0 Å². The Morgan fingerprint density at radius 1 is 1.26 bits per heavy atom. The lowest BCUT2D eigenvalue weighted by Crippen LogP contribution is -2.24. The predicted molar refractivity (Wildman–Crippen MR) is 77.8 cm³/mol. The van der Waals surface area contributed by atoms with E-state index >= 15 is 0 Å². The number of carbonyl (C=O) groups is 2. The van der Waals surface area contributed by atoms with E-state index in [2.05, 4.69) is 20.6 Å². The van der Waals surface area contributed by atoms with E-state index in [0.717, 1.165) is 12.1 Å². The Kier molecular flexibility index (Phi) is 6.70. The summed E-state index contributed by atoms with van der Waals surface area (Å²) in [5, 5.41) is 6.02. The molecular weight excluding hydrogens is 315 g/mol. The Hall–Kier alpha value is -2.42. The van der Waals surface area contributed by atoms with Crippen LogP contribution in [0.4, 0.5) is 18.9 Å². The summed E-state index contributed by atoms with van der Waals surface area (Å²) in [6.45, 7) is 1.33. The number of benzene rings is 1. The van der Waals surface area contributed by atoms with Gasteiger partial charge in [-0.15, -0.1) is 0 Å². The lowest BCUT2D eigenvalue weighted by molar-refractivity contribution is -0.137. The quantitative estimate of drug-likeness (QED) is 0.619. The van der Waals surface area contributed by atoms with Crippen molar-refractivity contribution in [3.63, 3.8) is 0 Å². The summed E-state index contributed by atoms with van der Waals surface area (Å²) in [4.78, 5) is 22.8. The molecule has 0 spiro atoms. The maximum Gasteiger partial charge on any atom is 0.416 e. The Morgan fingerprint density at radius 3 is 2.57 bits per heavy atom. The average Bonchev–Trinajstić information content (AvgIpc) is 2.44. The van der Waals surface area contributed by atoms with Crippen molar-refractivity contribution in [3.8, 4) is 0 Å². The molecule has 2 N–H and O–H groups in total. The van der Waals surface area contributed by atoms with Crippen LogP contribution in [0, 0.1) is 0 Å². The molecule has 0 aliphatic rings. The molecule has 1 aromatic rings. The number of halogens is 3. The first-order valence-electron chi connectivity index (χ1n) is 6.50. The van der Waals surface area contributed by atoms with Crippen LogP contribution in [0.5, 0.6) is 0 Å². The zero-order valence-electron chi connectivity index (χ0n) is 12.5. The first kappa shape index (κ1) is 18.6. The molecule has 0 atom stereocenters. The van der Waals surface area contributed by atoms with Gasteiger partial charge in [0.15, 0.2) is 0 Å². The Morgan fingerprint density at radius 2 is 1.96 bits per heavy atom. The lowest BCUT2D eigenvalue weighted by Gasteiger charge is -2.10. The fourth-order valence-corrected chi connectivity index (χ4v) is 1.57. The Labute approximate surface area is 130 Å². The monoisotopic (exact) mass is 331 g/mol. The van der Waals surface area contributed by atoms with Crippen molar-refractivity contribution in [1.82, 2.24) is 5.43 Å². The molecule has 0 aromatic heterocycles. The van der Waals surface area contributed by atoms with Gasteiger partial charge in [-0.25, -0.2) is 5.43 Å². The van der Waals surface area contributed by atoms with Crippen molar-refractivity contribution in [2.75, 3.05) is 19.0 Å². The zero-order chi connectivity index (χ0) is 17.5. The van der Waals surface area contributed by atoms with Crippen molar-refractivity contribution in [2.24, 2.45) is 5.10 Å². The number of rotatable bonds is 6. The van der Waals surface area contributed by atoms with Gasteiger partial charge in [-0.05, 0) is 25.1 Å². The number of hydrogen-bond acceptors (Lipinski definition) is 4. The molecule has 0 unspecified atom stereocenters. The maximum absolute atomic E-state index is 12.6. The van der Waals surface area contributed by atoms with Crippen molar-refractivity contribution >= 4 is 23.2 Å². The molecule has 126 valence electrons. The second kappa shape index (κ2) is 8.28. The Balaban J connectivity index is 2.60. The lowest BCUT2D eigenvalue weighted by atomic mass is 10.2. The summed E-state index contributed by atoms with van der Waals surface area (Å²) in [6.07, 6.45) is -4.66. The van der Waals surface area contributed by atoms with E-state index in [0.29, 0.717) is 5.71 Å². The van der Waals surface area contributed by atoms with Gasteiger partial charge >= 0.3 is 6.18 Å².